The summed E-state index contributed by atoms with van der Waals surface area (Å²) in [6.45, 7) is 7.85. The van der Waals surface area contributed by atoms with Crippen molar-refractivity contribution in [1.82, 2.24) is 9.66 Å². The largest absolute Gasteiger partial charge is 0.490 e. The van der Waals surface area contributed by atoms with Crippen molar-refractivity contribution in [3.63, 3.8) is 0 Å². The fourth-order valence-corrected chi connectivity index (χ4v) is 4.66. The molecule has 5 rings (SSSR count). The van der Waals surface area contributed by atoms with Crippen LogP contribution in [0.25, 0.3) is 22.3 Å². The highest BCUT2D eigenvalue weighted by Gasteiger charge is 2.16. The van der Waals surface area contributed by atoms with Crippen LogP contribution in [-0.2, 0) is 11.2 Å². The molecule has 0 aliphatic heterocycles. The number of rotatable bonds is 11. The predicted molar refractivity (Wildman–Crippen MR) is 171 cm³/mol. The SMILES string of the molecule is C=CCc1cc(C=Nn2c(-c3ccccc3)nc3ccccc3c2=O)cc(OCC)c1OCC(=O)Nc1ccccc1C. The lowest BCUT2D eigenvalue weighted by Gasteiger charge is -2.17. The fourth-order valence-electron chi connectivity index (χ4n) is 4.66. The summed E-state index contributed by atoms with van der Waals surface area (Å²) in [7, 11) is 0. The molecule has 0 saturated carbocycles. The summed E-state index contributed by atoms with van der Waals surface area (Å²) in [5, 5.41) is 7.95. The van der Waals surface area contributed by atoms with Crippen LogP contribution in [0, 0.1) is 6.92 Å². The molecule has 0 unspecified atom stereocenters. The van der Waals surface area contributed by atoms with Crippen molar-refractivity contribution >= 4 is 28.7 Å². The van der Waals surface area contributed by atoms with Gasteiger partial charge in [0.1, 0.15) is 0 Å². The first-order chi connectivity index (χ1) is 21.0. The van der Waals surface area contributed by atoms with Gasteiger partial charge in [-0.15, -0.1) is 6.58 Å². The normalized spacial score (nSPS) is 11.0. The summed E-state index contributed by atoms with van der Waals surface area (Å²) in [6.07, 6.45) is 3.80. The van der Waals surface area contributed by atoms with Crippen LogP contribution in [0.4, 0.5) is 5.69 Å². The van der Waals surface area contributed by atoms with E-state index in [1.54, 1.807) is 30.5 Å². The average molecular weight is 573 g/mol. The van der Waals surface area contributed by atoms with Gasteiger partial charge in [-0.1, -0.05) is 66.7 Å². The minimum atomic E-state index is -0.288. The number of aromatic nitrogens is 2. The predicted octanol–water partition coefficient (Wildman–Crippen LogP) is 6.40. The lowest BCUT2D eigenvalue weighted by molar-refractivity contribution is -0.118. The summed E-state index contributed by atoms with van der Waals surface area (Å²) in [4.78, 5) is 31.0. The van der Waals surface area contributed by atoms with Crippen molar-refractivity contribution in [3.05, 3.63) is 131 Å². The van der Waals surface area contributed by atoms with Gasteiger partial charge in [-0.2, -0.15) is 9.78 Å². The highest BCUT2D eigenvalue weighted by Crippen LogP contribution is 2.34. The van der Waals surface area contributed by atoms with E-state index in [1.165, 1.54) is 4.68 Å². The Balaban J connectivity index is 1.50. The second-order valence-corrected chi connectivity index (χ2v) is 9.76. The minimum absolute atomic E-state index is 0.204. The Morgan fingerprint density at radius 1 is 1.00 bits per heavy atom. The smallest absolute Gasteiger partial charge is 0.282 e. The molecule has 0 atom stereocenters. The molecule has 0 aliphatic rings. The molecule has 0 radical (unpaired) electrons. The van der Waals surface area contributed by atoms with E-state index < -0.39 is 0 Å². The second-order valence-electron chi connectivity index (χ2n) is 9.76. The van der Waals surface area contributed by atoms with E-state index in [9.17, 15) is 9.59 Å². The van der Waals surface area contributed by atoms with Gasteiger partial charge in [0.05, 0.1) is 23.7 Å². The molecule has 1 aromatic heterocycles. The monoisotopic (exact) mass is 572 g/mol. The summed E-state index contributed by atoms with van der Waals surface area (Å²) in [5.41, 5.74) is 4.20. The van der Waals surface area contributed by atoms with E-state index >= 15 is 0 Å². The molecule has 1 heterocycles. The molecule has 4 aromatic carbocycles. The Morgan fingerprint density at radius 3 is 2.51 bits per heavy atom. The van der Waals surface area contributed by atoms with E-state index in [0.717, 1.165) is 22.4 Å². The molecular weight excluding hydrogens is 540 g/mol. The van der Waals surface area contributed by atoms with Gasteiger partial charge < -0.3 is 14.8 Å². The van der Waals surface area contributed by atoms with E-state index in [4.69, 9.17) is 14.5 Å². The Morgan fingerprint density at radius 2 is 1.74 bits per heavy atom. The Hall–Kier alpha value is -5.50. The Bertz CT molecular complexity index is 1860. The van der Waals surface area contributed by atoms with Crippen molar-refractivity contribution in [3.8, 4) is 22.9 Å². The minimum Gasteiger partial charge on any atom is -0.490 e. The summed E-state index contributed by atoms with van der Waals surface area (Å²) in [5.74, 6) is 1.05. The molecule has 0 aliphatic carbocycles. The molecule has 0 fully saturated rings. The molecule has 1 N–H and O–H groups in total. The number of amides is 1. The van der Waals surface area contributed by atoms with Gasteiger partial charge in [0.25, 0.3) is 11.5 Å². The average Bonchev–Trinajstić information content (AvgIpc) is 3.02. The number of nitrogens with zero attached hydrogens (tertiary/aromatic N) is 3. The van der Waals surface area contributed by atoms with Crippen molar-refractivity contribution in [2.45, 2.75) is 20.3 Å². The van der Waals surface area contributed by atoms with E-state index in [0.29, 0.717) is 46.8 Å². The molecule has 0 spiro atoms. The molecule has 8 heteroatoms. The maximum absolute atomic E-state index is 13.6. The number of hydrogen-bond donors (Lipinski definition) is 1. The summed E-state index contributed by atoms with van der Waals surface area (Å²) < 4.78 is 13.3. The van der Waals surface area contributed by atoms with Crippen molar-refractivity contribution < 1.29 is 14.3 Å². The molecule has 0 saturated heterocycles. The van der Waals surface area contributed by atoms with Crippen LogP contribution in [0.3, 0.4) is 0 Å². The number of anilines is 1. The van der Waals surface area contributed by atoms with Gasteiger partial charge in [0.2, 0.25) is 0 Å². The molecule has 5 aromatic rings. The van der Waals surface area contributed by atoms with Crippen LogP contribution in [0.2, 0.25) is 0 Å². The fraction of sp³-hybridized carbons (Fsp3) is 0.143. The molecular formula is C35H32N4O4. The topological polar surface area (TPSA) is 94.8 Å². The first kappa shape index (κ1) is 29.0. The van der Waals surface area contributed by atoms with Gasteiger partial charge in [0.15, 0.2) is 23.9 Å². The van der Waals surface area contributed by atoms with Crippen LogP contribution in [-0.4, -0.2) is 35.0 Å². The lowest BCUT2D eigenvalue weighted by atomic mass is 10.1. The molecule has 0 bridgehead atoms. The number of carbonyl (C=O) groups is 1. The van der Waals surface area contributed by atoms with Gasteiger partial charge in [-0.25, -0.2) is 4.98 Å². The molecule has 8 nitrogen and oxygen atoms in total. The van der Waals surface area contributed by atoms with Crippen LogP contribution in [0.5, 0.6) is 11.5 Å². The zero-order valence-electron chi connectivity index (χ0n) is 24.1. The quantitative estimate of drug-likeness (QED) is 0.146. The molecule has 1 amide bonds. The highest BCUT2D eigenvalue weighted by atomic mass is 16.5. The summed E-state index contributed by atoms with van der Waals surface area (Å²) >= 11 is 0. The number of fused-ring (bicyclic) bond motifs is 1. The Labute approximate surface area is 249 Å². The van der Waals surface area contributed by atoms with Gasteiger partial charge >= 0.3 is 0 Å². The number of nitrogens with one attached hydrogen (secondary N) is 1. The third-order valence-electron chi connectivity index (χ3n) is 6.69. The number of aryl methyl sites for hydroxylation is 1. The standard InChI is InChI=1S/C35H32N4O4/c1-4-13-27-20-25(21-31(42-5-2)33(27)43-23-32(40)37-29-18-11-9-14-24(29)3)22-36-39-34(26-15-7-6-8-16-26)38-30-19-12-10-17-28(30)35(39)41/h4,6-12,14-22H,1,5,13,23H2,2-3H3,(H,37,40). The van der Waals surface area contributed by atoms with Crippen molar-refractivity contribution in [1.29, 1.82) is 0 Å². The molecule has 216 valence electrons. The van der Waals surface area contributed by atoms with Gasteiger partial charge in [0, 0.05) is 16.8 Å². The maximum Gasteiger partial charge on any atom is 0.282 e. The highest BCUT2D eigenvalue weighted by molar-refractivity contribution is 5.92. The number of carbonyl (C=O) groups excluding carboxylic acids is 1. The Kier molecular flexibility index (Phi) is 9.07. The first-order valence-electron chi connectivity index (χ1n) is 14.0. The lowest BCUT2D eigenvalue weighted by Crippen LogP contribution is -2.21. The zero-order chi connectivity index (χ0) is 30.2. The maximum atomic E-state index is 13.6. The van der Waals surface area contributed by atoms with Gasteiger partial charge in [-0.3, -0.25) is 9.59 Å². The number of benzene rings is 4. The van der Waals surface area contributed by atoms with Crippen LogP contribution < -0.4 is 20.3 Å². The zero-order valence-corrected chi connectivity index (χ0v) is 24.1. The van der Waals surface area contributed by atoms with Crippen LogP contribution in [0.15, 0.2) is 114 Å². The van der Waals surface area contributed by atoms with E-state index in [2.05, 4.69) is 17.0 Å². The number of hydrogen-bond acceptors (Lipinski definition) is 6. The third kappa shape index (κ3) is 6.70. The number of ether oxygens (including phenoxy) is 2. The summed E-state index contributed by atoms with van der Waals surface area (Å²) in [6, 6.07) is 27.9. The van der Waals surface area contributed by atoms with Crippen LogP contribution >= 0.6 is 0 Å². The van der Waals surface area contributed by atoms with E-state index in [-0.39, 0.29) is 18.1 Å². The third-order valence-corrected chi connectivity index (χ3v) is 6.69. The van der Waals surface area contributed by atoms with Crippen molar-refractivity contribution in [2.24, 2.45) is 5.10 Å². The van der Waals surface area contributed by atoms with E-state index in [1.807, 2.05) is 86.6 Å². The second kappa shape index (κ2) is 13.4. The van der Waals surface area contributed by atoms with Gasteiger partial charge in [-0.05, 0) is 61.7 Å². The van der Waals surface area contributed by atoms with Crippen LogP contribution in [0.1, 0.15) is 23.6 Å². The number of allylic oxidation sites excluding steroid dienone is 1. The molecule has 43 heavy (non-hydrogen) atoms. The first-order valence-corrected chi connectivity index (χ1v) is 14.0. The number of para-hydroxylation sites is 2. The van der Waals surface area contributed by atoms with Crippen molar-refractivity contribution in [2.75, 3.05) is 18.5 Å².